The minimum Gasteiger partial charge on any atom is -0.507 e. The van der Waals surface area contributed by atoms with E-state index >= 15 is 0 Å². The van der Waals surface area contributed by atoms with E-state index in [4.69, 9.17) is 21.1 Å². The molecule has 1 amide bonds. The number of benzene rings is 3. The summed E-state index contributed by atoms with van der Waals surface area (Å²) in [7, 11) is 5.34. The van der Waals surface area contributed by atoms with Crippen LogP contribution in [0.1, 0.15) is 30.5 Å². The van der Waals surface area contributed by atoms with Gasteiger partial charge in [0.25, 0.3) is 11.7 Å². The number of aliphatic hydroxyl groups is 1. The van der Waals surface area contributed by atoms with E-state index < -0.39 is 17.7 Å². The third-order valence-corrected chi connectivity index (χ3v) is 6.46. The quantitative estimate of drug-likeness (QED) is 0.229. The van der Waals surface area contributed by atoms with Crippen LogP contribution in [0.3, 0.4) is 0 Å². The lowest BCUT2D eigenvalue weighted by atomic mass is 9.95. The van der Waals surface area contributed by atoms with Crippen molar-refractivity contribution in [1.29, 1.82) is 0 Å². The zero-order chi connectivity index (χ0) is 26.7. The molecule has 1 saturated heterocycles. The molecule has 1 N–H and O–H groups in total. The highest BCUT2D eigenvalue weighted by Gasteiger charge is 2.47. The average Bonchev–Trinajstić information content (AvgIpc) is 3.17. The summed E-state index contributed by atoms with van der Waals surface area (Å²) in [6.45, 7) is 2.53. The summed E-state index contributed by atoms with van der Waals surface area (Å²) in [5.41, 5.74) is 2.40. The normalized spacial score (nSPS) is 16.7. The Morgan fingerprint density at radius 1 is 1.05 bits per heavy atom. The van der Waals surface area contributed by atoms with E-state index in [0.717, 1.165) is 12.1 Å². The van der Waals surface area contributed by atoms with Crippen molar-refractivity contribution in [2.75, 3.05) is 37.6 Å². The van der Waals surface area contributed by atoms with Gasteiger partial charge < -0.3 is 19.5 Å². The number of rotatable bonds is 8. The number of amides is 1. The van der Waals surface area contributed by atoms with Crippen LogP contribution in [0.5, 0.6) is 11.5 Å². The average molecular weight is 521 g/mol. The molecule has 0 saturated carbocycles. The molecule has 1 atom stereocenters. The zero-order valence-electron chi connectivity index (χ0n) is 21.2. The minimum atomic E-state index is -0.862. The van der Waals surface area contributed by atoms with Crippen molar-refractivity contribution >= 4 is 40.4 Å². The number of ketones is 1. The highest BCUT2D eigenvalue weighted by atomic mass is 35.5. The molecule has 0 spiro atoms. The number of carbonyl (C=O) groups excluding carboxylic acids is 2. The molecular weight excluding hydrogens is 492 g/mol. The number of anilines is 2. The molecule has 3 aromatic rings. The molecule has 0 radical (unpaired) electrons. The van der Waals surface area contributed by atoms with E-state index in [-0.39, 0.29) is 16.4 Å². The number of Topliss-reactive ketones (excluding diaryl/α,β-unsaturated/α-hetero) is 1. The Hall–Kier alpha value is -3.97. The summed E-state index contributed by atoms with van der Waals surface area (Å²) in [6, 6.07) is 18.4. The van der Waals surface area contributed by atoms with Crippen molar-refractivity contribution < 1.29 is 24.2 Å². The molecule has 1 fully saturated rings. The summed E-state index contributed by atoms with van der Waals surface area (Å²) in [4.78, 5) is 30.2. The van der Waals surface area contributed by atoms with Gasteiger partial charge in [0, 0.05) is 37.1 Å². The van der Waals surface area contributed by atoms with Crippen LogP contribution in [0.4, 0.5) is 11.4 Å². The van der Waals surface area contributed by atoms with Gasteiger partial charge >= 0.3 is 0 Å². The number of ether oxygens (including phenoxy) is 2. The molecule has 4 rings (SSSR count). The van der Waals surface area contributed by atoms with Gasteiger partial charge in [-0.15, -0.1) is 0 Å². The Labute approximate surface area is 221 Å². The summed E-state index contributed by atoms with van der Waals surface area (Å²) in [5, 5.41) is 11.6. The predicted molar refractivity (Wildman–Crippen MR) is 146 cm³/mol. The van der Waals surface area contributed by atoms with Gasteiger partial charge in [-0.2, -0.15) is 0 Å². The van der Waals surface area contributed by atoms with Crippen LogP contribution in [0.25, 0.3) is 5.76 Å². The van der Waals surface area contributed by atoms with E-state index in [2.05, 4.69) is 0 Å². The van der Waals surface area contributed by atoms with Gasteiger partial charge in [-0.25, -0.2) is 0 Å². The molecule has 192 valence electrons. The van der Waals surface area contributed by atoms with Crippen LogP contribution >= 0.6 is 11.6 Å². The van der Waals surface area contributed by atoms with Gasteiger partial charge in [0.2, 0.25) is 0 Å². The molecule has 3 aromatic carbocycles. The largest absolute Gasteiger partial charge is 0.507 e. The minimum absolute atomic E-state index is 0.0243. The molecule has 1 heterocycles. The first-order valence-corrected chi connectivity index (χ1v) is 12.3. The first kappa shape index (κ1) is 26.1. The fourth-order valence-corrected chi connectivity index (χ4v) is 4.54. The lowest BCUT2D eigenvalue weighted by Gasteiger charge is -2.26. The van der Waals surface area contributed by atoms with E-state index in [9.17, 15) is 14.7 Å². The van der Waals surface area contributed by atoms with Gasteiger partial charge in [-0.1, -0.05) is 36.7 Å². The molecule has 7 nitrogen and oxygen atoms in total. The van der Waals surface area contributed by atoms with Crippen LogP contribution in [0.2, 0.25) is 5.02 Å². The fourth-order valence-electron chi connectivity index (χ4n) is 4.28. The highest BCUT2D eigenvalue weighted by molar-refractivity contribution is 6.51. The van der Waals surface area contributed by atoms with E-state index in [0.29, 0.717) is 34.9 Å². The lowest BCUT2D eigenvalue weighted by Crippen LogP contribution is -2.29. The molecule has 0 bridgehead atoms. The first-order chi connectivity index (χ1) is 17.8. The van der Waals surface area contributed by atoms with Crippen LogP contribution in [0.15, 0.2) is 72.3 Å². The van der Waals surface area contributed by atoms with Crippen LogP contribution < -0.4 is 19.3 Å². The second kappa shape index (κ2) is 11.0. The molecule has 1 unspecified atom stereocenters. The van der Waals surface area contributed by atoms with E-state index in [1.165, 1.54) is 18.1 Å². The van der Waals surface area contributed by atoms with Gasteiger partial charge in [0.15, 0.2) is 0 Å². The van der Waals surface area contributed by atoms with Crippen molar-refractivity contribution in [3.8, 4) is 11.5 Å². The fraction of sp³-hybridized carbons (Fsp3) is 0.241. The number of nitrogens with zero attached hydrogens (tertiary/aromatic N) is 2. The molecule has 0 aliphatic carbocycles. The number of halogens is 1. The van der Waals surface area contributed by atoms with Crippen molar-refractivity contribution in [3.63, 3.8) is 0 Å². The predicted octanol–water partition coefficient (Wildman–Crippen LogP) is 5.83. The Morgan fingerprint density at radius 2 is 1.78 bits per heavy atom. The topological polar surface area (TPSA) is 79.3 Å². The van der Waals surface area contributed by atoms with Crippen LogP contribution in [0, 0.1) is 0 Å². The first-order valence-electron chi connectivity index (χ1n) is 11.9. The van der Waals surface area contributed by atoms with E-state index in [1.807, 2.05) is 50.2 Å². The van der Waals surface area contributed by atoms with Gasteiger partial charge in [0.05, 0.1) is 30.4 Å². The number of hydrogen-bond acceptors (Lipinski definition) is 6. The summed E-state index contributed by atoms with van der Waals surface area (Å²) in [5.74, 6) is -0.824. The number of methoxy groups -OCH3 is 1. The smallest absolute Gasteiger partial charge is 0.300 e. The van der Waals surface area contributed by atoms with Gasteiger partial charge in [-0.3, -0.25) is 14.5 Å². The summed E-state index contributed by atoms with van der Waals surface area (Å²) < 4.78 is 11.0. The third-order valence-electron chi connectivity index (χ3n) is 6.16. The summed E-state index contributed by atoms with van der Waals surface area (Å²) >= 11 is 6.29. The lowest BCUT2D eigenvalue weighted by molar-refractivity contribution is -0.132. The Kier molecular flexibility index (Phi) is 7.74. The number of hydrogen-bond donors (Lipinski definition) is 1. The second-order valence-corrected chi connectivity index (χ2v) is 9.26. The Balaban J connectivity index is 1.89. The maximum Gasteiger partial charge on any atom is 0.300 e. The SMILES string of the molecule is CCCOc1cccc(N2C(=O)C(=O)/C(=C(/O)c3ccc(OC)c(Cl)c3)C2c2ccc(N(C)C)cc2)c1. The standard InChI is InChI=1S/C29H29ClN2O5/c1-5-15-37-22-8-6-7-21(17-22)32-26(18-9-12-20(13-10-18)31(2)3)25(28(34)29(32)35)27(33)19-11-14-24(36-4)23(30)16-19/h6-14,16-17,26,33H,5,15H2,1-4H3/b27-25+. The summed E-state index contributed by atoms with van der Waals surface area (Å²) in [6.07, 6.45) is 0.831. The highest BCUT2D eigenvalue weighted by Crippen LogP contribution is 2.43. The maximum atomic E-state index is 13.4. The van der Waals surface area contributed by atoms with E-state index in [1.54, 1.807) is 36.4 Å². The monoisotopic (exact) mass is 520 g/mol. The Bertz CT molecular complexity index is 1350. The zero-order valence-corrected chi connectivity index (χ0v) is 22.0. The van der Waals surface area contributed by atoms with Crippen molar-refractivity contribution in [3.05, 3.63) is 88.5 Å². The van der Waals surface area contributed by atoms with Crippen LogP contribution in [-0.4, -0.2) is 44.6 Å². The van der Waals surface area contributed by atoms with Crippen molar-refractivity contribution in [2.24, 2.45) is 0 Å². The van der Waals surface area contributed by atoms with Crippen molar-refractivity contribution in [1.82, 2.24) is 0 Å². The molecule has 1 aliphatic rings. The molecule has 0 aromatic heterocycles. The number of aliphatic hydroxyl groups excluding tert-OH is 1. The molecule has 8 heteroatoms. The Morgan fingerprint density at radius 3 is 2.41 bits per heavy atom. The van der Waals surface area contributed by atoms with Crippen molar-refractivity contribution in [2.45, 2.75) is 19.4 Å². The van der Waals surface area contributed by atoms with Gasteiger partial charge in [0.1, 0.15) is 17.3 Å². The third kappa shape index (κ3) is 5.13. The molecular formula is C29H29ClN2O5. The number of carbonyl (C=O) groups is 2. The molecule has 37 heavy (non-hydrogen) atoms. The van der Waals surface area contributed by atoms with Gasteiger partial charge in [-0.05, 0) is 54.4 Å². The van der Waals surface area contributed by atoms with Crippen LogP contribution in [-0.2, 0) is 9.59 Å². The second-order valence-electron chi connectivity index (χ2n) is 8.85. The molecule has 1 aliphatic heterocycles. The maximum absolute atomic E-state index is 13.4.